The van der Waals surface area contributed by atoms with Crippen molar-refractivity contribution in [3.63, 3.8) is 0 Å². The molecule has 14 heavy (non-hydrogen) atoms. The first-order valence-corrected chi connectivity index (χ1v) is 3.86. The molecule has 0 aliphatic carbocycles. The normalized spacial score (nSPS) is 9.71. The standard InChI is InChI=1S/C7H7N7/c1-14-6(2-5(3-8)13-14)11-7-9-4-10-12-7/h2,4H,1H3,(H2,9,10,11,12). The van der Waals surface area contributed by atoms with Gasteiger partial charge in [0.1, 0.15) is 18.2 Å². The summed E-state index contributed by atoms with van der Waals surface area (Å²) in [5.74, 6) is 1.19. The summed E-state index contributed by atoms with van der Waals surface area (Å²) in [5.41, 5.74) is 0.356. The maximum absolute atomic E-state index is 8.61. The number of rotatable bonds is 2. The largest absolute Gasteiger partial charge is 0.309 e. The highest BCUT2D eigenvalue weighted by atomic mass is 15.4. The van der Waals surface area contributed by atoms with Crippen molar-refractivity contribution in [3.8, 4) is 6.07 Å². The highest BCUT2D eigenvalue weighted by molar-refractivity contribution is 5.49. The van der Waals surface area contributed by atoms with Crippen LogP contribution in [0.4, 0.5) is 11.8 Å². The SMILES string of the molecule is Cn1nc(C#N)cc1Nc1ncn[nH]1. The van der Waals surface area contributed by atoms with Crippen molar-refractivity contribution in [1.82, 2.24) is 25.0 Å². The summed E-state index contributed by atoms with van der Waals surface area (Å²) in [4.78, 5) is 3.89. The molecule has 0 spiro atoms. The van der Waals surface area contributed by atoms with Crippen LogP contribution in [0.2, 0.25) is 0 Å². The van der Waals surface area contributed by atoms with Crippen LogP contribution in [-0.2, 0) is 7.05 Å². The lowest BCUT2D eigenvalue weighted by Gasteiger charge is -2.00. The lowest BCUT2D eigenvalue weighted by atomic mass is 10.4. The van der Waals surface area contributed by atoms with E-state index in [1.807, 2.05) is 6.07 Å². The molecular formula is C7H7N7. The summed E-state index contributed by atoms with van der Waals surface area (Å²) >= 11 is 0. The third-order valence-corrected chi connectivity index (χ3v) is 1.66. The summed E-state index contributed by atoms with van der Waals surface area (Å²) in [6.07, 6.45) is 1.39. The lowest BCUT2D eigenvalue weighted by molar-refractivity contribution is 0.770. The summed E-state index contributed by atoms with van der Waals surface area (Å²) in [5, 5.41) is 21.8. The number of nitrogens with zero attached hydrogens (tertiary/aromatic N) is 5. The van der Waals surface area contributed by atoms with Crippen LogP contribution in [0.5, 0.6) is 0 Å². The number of hydrogen-bond donors (Lipinski definition) is 2. The van der Waals surface area contributed by atoms with Gasteiger partial charge in [-0.05, 0) is 0 Å². The average molecular weight is 189 g/mol. The minimum Gasteiger partial charge on any atom is -0.309 e. The highest BCUT2D eigenvalue weighted by Crippen LogP contribution is 2.11. The van der Waals surface area contributed by atoms with Gasteiger partial charge in [-0.15, -0.1) is 0 Å². The molecular weight excluding hydrogens is 182 g/mol. The Labute approximate surface area is 79.4 Å². The maximum atomic E-state index is 8.61. The molecule has 0 amide bonds. The van der Waals surface area contributed by atoms with Crippen LogP contribution in [0.15, 0.2) is 12.4 Å². The molecule has 0 aromatic carbocycles. The lowest BCUT2D eigenvalue weighted by Crippen LogP contribution is -2.00. The van der Waals surface area contributed by atoms with Crippen molar-refractivity contribution in [2.24, 2.45) is 7.05 Å². The number of hydrogen-bond acceptors (Lipinski definition) is 5. The molecule has 2 heterocycles. The second-order valence-corrected chi connectivity index (χ2v) is 2.61. The average Bonchev–Trinajstić information content (AvgIpc) is 2.78. The van der Waals surface area contributed by atoms with Crippen molar-refractivity contribution >= 4 is 11.8 Å². The van der Waals surface area contributed by atoms with Gasteiger partial charge in [0.15, 0.2) is 5.69 Å². The molecule has 0 saturated heterocycles. The predicted molar refractivity (Wildman–Crippen MR) is 47.6 cm³/mol. The first kappa shape index (κ1) is 8.25. The van der Waals surface area contributed by atoms with Crippen LogP contribution < -0.4 is 5.32 Å². The van der Waals surface area contributed by atoms with Gasteiger partial charge in [-0.2, -0.15) is 20.4 Å². The van der Waals surface area contributed by atoms with E-state index in [-0.39, 0.29) is 0 Å². The van der Waals surface area contributed by atoms with E-state index in [1.165, 1.54) is 6.33 Å². The molecule has 0 bridgehead atoms. The van der Waals surface area contributed by atoms with Gasteiger partial charge >= 0.3 is 0 Å². The van der Waals surface area contributed by atoms with E-state index in [0.717, 1.165) is 0 Å². The predicted octanol–water partition coefficient (Wildman–Crippen LogP) is 0.153. The molecule has 0 unspecified atom stereocenters. The second kappa shape index (κ2) is 3.18. The molecule has 70 valence electrons. The van der Waals surface area contributed by atoms with E-state index in [2.05, 4.69) is 25.6 Å². The number of anilines is 2. The van der Waals surface area contributed by atoms with E-state index in [1.54, 1.807) is 17.8 Å². The van der Waals surface area contributed by atoms with Crippen LogP contribution in [-0.4, -0.2) is 25.0 Å². The molecule has 7 heteroatoms. The summed E-state index contributed by atoms with van der Waals surface area (Å²) < 4.78 is 1.56. The Morgan fingerprint density at radius 1 is 1.64 bits per heavy atom. The molecule has 0 aliphatic heterocycles. The van der Waals surface area contributed by atoms with Gasteiger partial charge in [-0.25, -0.2) is 5.10 Å². The van der Waals surface area contributed by atoms with Crippen molar-refractivity contribution in [2.45, 2.75) is 0 Å². The maximum Gasteiger partial charge on any atom is 0.224 e. The van der Waals surface area contributed by atoms with Crippen LogP contribution in [0.25, 0.3) is 0 Å². The zero-order valence-corrected chi connectivity index (χ0v) is 7.39. The van der Waals surface area contributed by atoms with Gasteiger partial charge in [0, 0.05) is 13.1 Å². The quantitative estimate of drug-likeness (QED) is 0.701. The van der Waals surface area contributed by atoms with Gasteiger partial charge in [-0.3, -0.25) is 4.68 Å². The number of nitrogens with one attached hydrogen (secondary N) is 2. The highest BCUT2D eigenvalue weighted by Gasteiger charge is 2.05. The second-order valence-electron chi connectivity index (χ2n) is 2.61. The van der Waals surface area contributed by atoms with Gasteiger partial charge < -0.3 is 5.32 Å². The smallest absolute Gasteiger partial charge is 0.224 e. The Balaban J connectivity index is 2.26. The molecule has 0 fully saturated rings. The minimum atomic E-state index is 0.356. The van der Waals surface area contributed by atoms with E-state index >= 15 is 0 Å². The molecule has 2 N–H and O–H groups in total. The van der Waals surface area contributed by atoms with E-state index < -0.39 is 0 Å². The van der Waals surface area contributed by atoms with Crippen molar-refractivity contribution in [1.29, 1.82) is 5.26 Å². The Kier molecular flexibility index (Phi) is 1.87. The molecule has 2 aromatic rings. The van der Waals surface area contributed by atoms with E-state index in [4.69, 9.17) is 5.26 Å². The zero-order valence-electron chi connectivity index (χ0n) is 7.39. The number of nitriles is 1. The van der Waals surface area contributed by atoms with Gasteiger partial charge in [0.25, 0.3) is 0 Å². The number of H-pyrrole nitrogens is 1. The molecule has 0 saturated carbocycles. The third-order valence-electron chi connectivity index (χ3n) is 1.66. The Morgan fingerprint density at radius 2 is 2.50 bits per heavy atom. The molecule has 0 aliphatic rings. The first-order valence-electron chi connectivity index (χ1n) is 3.86. The minimum absolute atomic E-state index is 0.356. The first-order chi connectivity index (χ1) is 6.79. The number of aromatic amines is 1. The monoisotopic (exact) mass is 189 g/mol. The van der Waals surface area contributed by atoms with Crippen molar-refractivity contribution < 1.29 is 0 Å². The fraction of sp³-hybridized carbons (Fsp3) is 0.143. The van der Waals surface area contributed by atoms with Crippen molar-refractivity contribution in [2.75, 3.05) is 5.32 Å². The Bertz CT molecular complexity index is 461. The number of aryl methyl sites for hydroxylation is 1. The van der Waals surface area contributed by atoms with E-state index in [9.17, 15) is 0 Å². The molecule has 0 atom stereocenters. The van der Waals surface area contributed by atoms with Crippen LogP contribution in [0, 0.1) is 11.3 Å². The van der Waals surface area contributed by atoms with Crippen LogP contribution >= 0.6 is 0 Å². The fourth-order valence-corrected chi connectivity index (χ4v) is 1.03. The Morgan fingerprint density at radius 3 is 3.07 bits per heavy atom. The van der Waals surface area contributed by atoms with Gasteiger partial charge in [-0.1, -0.05) is 0 Å². The summed E-state index contributed by atoms with van der Waals surface area (Å²) in [6, 6.07) is 3.58. The third kappa shape index (κ3) is 1.40. The summed E-state index contributed by atoms with van der Waals surface area (Å²) in [7, 11) is 1.74. The topological polar surface area (TPSA) is 95.2 Å². The van der Waals surface area contributed by atoms with Crippen LogP contribution in [0.3, 0.4) is 0 Å². The zero-order chi connectivity index (χ0) is 9.97. The molecule has 2 aromatic heterocycles. The van der Waals surface area contributed by atoms with Gasteiger partial charge in [0.2, 0.25) is 5.95 Å². The fourth-order valence-electron chi connectivity index (χ4n) is 1.03. The summed E-state index contributed by atoms with van der Waals surface area (Å²) in [6.45, 7) is 0. The molecule has 2 rings (SSSR count). The van der Waals surface area contributed by atoms with Crippen LogP contribution in [0.1, 0.15) is 5.69 Å². The van der Waals surface area contributed by atoms with E-state index in [0.29, 0.717) is 17.5 Å². The Hall–Kier alpha value is -2.36. The van der Waals surface area contributed by atoms with Gasteiger partial charge in [0.05, 0.1) is 0 Å². The number of aromatic nitrogens is 5. The molecule has 7 nitrogen and oxygen atoms in total. The molecule has 0 radical (unpaired) electrons. The van der Waals surface area contributed by atoms with Crippen molar-refractivity contribution in [3.05, 3.63) is 18.1 Å².